The fourth-order valence-electron chi connectivity index (χ4n) is 1.76. The van der Waals surface area contributed by atoms with Crippen LogP contribution in [0.3, 0.4) is 0 Å². The maximum Gasteiger partial charge on any atom is 0.164 e. The van der Waals surface area contributed by atoms with Crippen LogP contribution in [0.25, 0.3) is 11.1 Å². The zero-order valence-electron chi connectivity index (χ0n) is 9.62. The molecule has 0 saturated carbocycles. The van der Waals surface area contributed by atoms with Crippen molar-refractivity contribution in [2.24, 2.45) is 0 Å². The number of benzene rings is 2. The SMILES string of the molecule is COc1[c]ccc(-c2ccc(F)c(O)c2)c1C. The summed E-state index contributed by atoms with van der Waals surface area (Å²) < 4.78 is 18.1. The number of halogens is 1. The van der Waals surface area contributed by atoms with E-state index in [1.54, 1.807) is 19.2 Å². The molecule has 1 radical (unpaired) electrons. The van der Waals surface area contributed by atoms with Crippen LogP contribution in [0.5, 0.6) is 11.5 Å². The molecule has 0 aromatic heterocycles. The van der Waals surface area contributed by atoms with Crippen molar-refractivity contribution in [2.45, 2.75) is 6.92 Å². The Morgan fingerprint density at radius 2 is 2.06 bits per heavy atom. The first kappa shape index (κ1) is 11.5. The lowest BCUT2D eigenvalue weighted by molar-refractivity contribution is 0.411. The molecule has 2 nitrogen and oxygen atoms in total. The van der Waals surface area contributed by atoms with Crippen LogP contribution in [0.2, 0.25) is 0 Å². The Hall–Kier alpha value is -2.03. The summed E-state index contributed by atoms with van der Waals surface area (Å²) in [5.41, 5.74) is 2.53. The third-order valence-electron chi connectivity index (χ3n) is 2.67. The van der Waals surface area contributed by atoms with Crippen LogP contribution in [0.4, 0.5) is 4.39 Å². The molecule has 0 aliphatic heterocycles. The van der Waals surface area contributed by atoms with Gasteiger partial charge in [0.05, 0.1) is 7.11 Å². The highest BCUT2D eigenvalue weighted by Crippen LogP contribution is 2.31. The van der Waals surface area contributed by atoms with Crippen molar-refractivity contribution < 1.29 is 14.2 Å². The van der Waals surface area contributed by atoms with Gasteiger partial charge in [-0.15, -0.1) is 0 Å². The van der Waals surface area contributed by atoms with Crippen LogP contribution < -0.4 is 4.74 Å². The predicted molar refractivity (Wildman–Crippen MR) is 63.6 cm³/mol. The van der Waals surface area contributed by atoms with Crippen molar-refractivity contribution >= 4 is 0 Å². The Morgan fingerprint density at radius 3 is 2.71 bits per heavy atom. The van der Waals surface area contributed by atoms with E-state index in [-0.39, 0.29) is 5.75 Å². The molecule has 0 spiro atoms. The largest absolute Gasteiger partial charge is 0.505 e. The molecule has 2 aromatic rings. The molecule has 0 bridgehead atoms. The van der Waals surface area contributed by atoms with E-state index in [4.69, 9.17) is 4.74 Å². The van der Waals surface area contributed by atoms with Gasteiger partial charge in [-0.05, 0) is 41.8 Å². The van der Waals surface area contributed by atoms with Gasteiger partial charge in [-0.25, -0.2) is 4.39 Å². The molecule has 0 saturated heterocycles. The van der Waals surface area contributed by atoms with E-state index < -0.39 is 5.82 Å². The molecule has 0 fully saturated rings. The summed E-state index contributed by atoms with van der Waals surface area (Å²) in [5, 5.41) is 9.36. The van der Waals surface area contributed by atoms with E-state index in [0.717, 1.165) is 16.7 Å². The van der Waals surface area contributed by atoms with Gasteiger partial charge in [-0.1, -0.05) is 12.1 Å². The standard InChI is InChI=1S/C14H12FO2/c1-9-11(4-3-5-14(9)17-2)10-6-7-12(15)13(16)8-10/h3-4,6-8,16H,1-2H3. The molecule has 0 atom stereocenters. The van der Waals surface area contributed by atoms with Gasteiger partial charge in [-0.2, -0.15) is 0 Å². The lowest BCUT2D eigenvalue weighted by atomic mass is 9.99. The zero-order chi connectivity index (χ0) is 12.4. The molecular weight excluding hydrogens is 219 g/mol. The highest BCUT2D eigenvalue weighted by atomic mass is 19.1. The third kappa shape index (κ3) is 2.09. The van der Waals surface area contributed by atoms with Gasteiger partial charge in [0.1, 0.15) is 5.75 Å². The number of phenolic OH excluding ortho intramolecular Hbond substituents is 1. The minimum Gasteiger partial charge on any atom is -0.505 e. The summed E-state index contributed by atoms with van der Waals surface area (Å²) in [7, 11) is 1.57. The lowest BCUT2D eigenvalue weighted by Gasteiger charge is -2.10. The van der Waals surface area contributed by atoms with Gasteiger partial charge in [0.15, 0.2) is 11.6 Å². The molecule has 3 heteroatoms. The highest BCUT2D eigenvalue weighted by molar-refractivity contribution is 5.70. The van der Waals surface area contributed by atoms with E-state index in [2.05, 4.69) is 6.07 Å². The Morgan fingerprint density at radius 1 is 1.29 bits per heavy atom. The van der Waals surface area contributed by atoms with E-state index in [1.807, 2.05) is 13.0 Å². The number of hydrogen-bond donors (Lipinski definition) is 1. The van der Waals surface area contributed by atoms with Crippen molar-refractivity contribution in [3.63, 3.8) is 0 Å². The van der Waals surface area contributed by atoms with Crippen molar-refractivity contribution in [3.8, 4) is 22.6 Å². The highest BCUT2D eigenvalue weighted by Gasteiger charge is 2.09. The summed E-state index contributed by atoms with van der Waals surface area (Å²) in [6.45, 7) is 1.89. The van der Waals surface area contributed by atoms with Crippen LogP contribution in [-0.2, 0) is 0 Å². The second-order valence-electron chi connectivity index (χ2n) is 3.72. The molecule has 0 amide bonds. The number of phenols is 1. The molecule has 87 valence electrons. The summed E-state index contributed by atoms with van der Waals surface area (Å²) in [4.78, 5) is 0. The molecule has 2 aromatic carbocycles. The number of hydrogen-bond acceptors (Lipinski definition) is 2. The molecule has 2 rings (SSSR count). The molecule has 0 heterocycles. The maximum atomic E-state index is 13.0. The van der Waals surface area contributed by atoms with E-state index >= 15 is 0 Å². The minimum absolute atomic E-state index is 0.353. The van der Waals surface area contributed by atoms with Crippen molar-refractivity contribution in [1.82, 2.24) is 0 Å². The van der Waals surface area contributed by atoms with Crippen molar-refractivity contribution in [1.29, 1.82) is 0 Å². The Kier molecular flexibility index (Phi) is 3.00. The summed E-state index contributed by atoms with van der Waals surface area (Å²) in [6.07, 6.45) is 0. The van der Waals surface area contributed by atoms with Gasteiger partial charge in [-0.3, -0.25) is 0 Å². The molecule has 17 heavy (non-hydrogen) atoms. The quantitative estimate of drug-likeness (QED) is 0.859. The molecular formula is C14H12FO2. The molecule has 0 unspecified atom stereocenters. The topological polar surface area (TPSA) is 29.5 Å². The average molecular weight is 231 g/mol. The van der Waals surface area contributed by atoms with Gasteiger partial charge < -0.3 is 9.84 Å². The van der Waals surface area contributed by atoms with Crippen molar-refractivity contribution in [3.05, 3.63) is 47.8 Å². The monoisotopic (exact) mass is 231 g/mol. The van der Waals surface area contributed by atoms with Gasteiger partial charge in [0.25, 0.3) is 0 Å². The van der Waals surface area contributed by atoms with E-state index in [9.17, 15) is 9.50 Å². The molecule has 0 aliphatic carbocycles. The van der Waals surface area contributed by atoms with Crippen LogP contribution in [0, 0.1) is 18.8 Å². The second kappa shape index (κ2) is 4.45. The smallest absolute Gasteiger partial charge is 0.164 e. The normalized spacial score (nSPS) is 10.3. The third-order valence-corrected chi connectivity index (χ3v) is 2.67. The van der Waals surface area contributed by atoms with Crippen LogP contribution in [0.15, 0.2) is 30.3 Å². The Balaban J connectivity index is 2.56. The number of aromatic hydroxyl groups is 1. The predicted octanol–water partition coefficient (Wildman–Crippen LogP) is 3.32. The maximum absolute atomic E-state index is 13.0. The van der Waals surface area contributed by atoms with Crippen LogP contribution in [0.1, 0.15) is 5.56 Å². The van der Waals surface area contributed by atoms with E-state index in [0.29, 0.717) is 5.75 Å². The lowest BCUT2D eigenvalue weighted by Crippen LogP contribution is -1.90. The van der Waals surface area contributed by atoms with Crippen molar-refractivity contribution in [2.75, 3.05) is 7.11 Å². The zero-order valence-corrected chi connectivity index (χ0v) is 9.62. The summed E-state index contributed by atoms with van der Waals surface area (Å²) in [6, 6.07) is 10.8. The average Bonchev–Trinajstić information content (AvgIpc) is 2.33. The first-order valence-corrected chi connectivity index (χ1v) is 5.17. The van der Waals surface area contributed by atoms with Crippen LogP contribution in [-0.4, -0.2) is 12.2 Å². The molecule has 0 aliphatic rings. The number of methoxy groups -OCH3 is 1. The Labute approximate surface area is 99.3 Å². The van der Waals surface area contributed by atoms with E-state index in [1.165, 1.54) is 12.1 Å². The first-order chi connectivity index (χ1) is 8.13. The fraction of sp³-hybridized carbons (Fsp3) is 0.143. The number of rotatable bonds is 2. The summed E-state index contributed by atoms with van der Waals surface area (Å²) in [5.74, 6) is -0.333. The van der Waals surface area contributed by atoms with Crippen LogP contribution >= 0.6 is 0 Å². The summed E-state index contributed by atoms with van der Waals surface area (Å²) >= 11 is 0. The second-order valence-corrected chi connectivity index (χ2v) is 3.72. The van der Waals surface area contributed by atoms with Gasteiger partial charge >= 0.3 is 0 Å². The van der Waals surface area contributed by atoms with Gasteiger partial charge in [0.2, 0.25) is 0 Å². The van der Waals surface area contributed by atoms with Gasteiger partial charge in [0, 0.05) is 6.07 Å². The first-order valence-electron chi connectivity index (χ1n) is 5.17. The number of ether oxygens (including phenoxy) is 1. The fourth-order valence-corrected chi connectivity index (χ4v) is 1.76. The molecule has 1 N–H and O–H groups in total. The Bertz CT molecular complexity index is 550. The minimum atomic E-state index is -0.624.